The third kappa shape index (κ3) is 6.21. The van der Waals surface area contributed by atoms with Gasteiger partial charge in [-0.1, -0.05) is 55.8 Å². The number of ether oxygens (including phenoxy) is 2. The van der Waals surface area contributed by atoms with E-state index in [0.717, 1.165) is 63.1 Å². The van der Waals surface area contributed by atoms with Crippen molar-refractivity contribution in [3.63, 3.8) is 0 Å². The molecule has 0 bridgehead atoms. The van der Waals surface area contributed by atoms with E-state index in [1.165, 1.54) is 11.1 Å². The quantitative estimate of drug-likeness (QED) is 0.401. The van der Waals surface area contributed by atoms with Crippen LogP contribution in [0.4, 0.5) is 0 Å². The normalized spacial score (nSPS) is 14.8. The number of hydrogen-bond donors (Lipinski definition) is 0. The van der Waals surface area contributed by atoms with Crippen LogP contribution in [0.5, 0.6) is 0 Å². The largest absolute Gasteiger partial charge is 0.379 e. The summed E-state index contributed by atoms with van der Waals surface area (Å²) in [6.45, 7) is 5.55. The minimum absolute atomic E-state index is 0.0713. The molecule has 1 aromatic heterocycles. The lowest BCUT2D eigenvalue weighted by Gasteiger charge is -2.33. The Balaban J connectivity index is 1.34. The van der Waals surface area contributed by atoms with Crippen LogP contribution in [0, 0.1) is 0 Å². The summed E-state index contributed by atoms with van der Waals surface area (Å²) in [6.07, 6.45) is 4.84. The molecule has 0 saturated carbocycles. The highest BCUT2D eigenvalue weighted by Gasteiger charge is 2.26. The van der Waals surface area contributed by atoms with Gasteiger partial charge in [0, 0.05) is 32.2 Å². The molecule has 33 heavy (non-hydrogen) atoms. The van der Waals surface area contributed by atoms with Crippen LogP contribution in [-0.4, -0.2) is 59.9 Å². The van der Waals surface area contributed by atoms with Crippen LogP contribution < -0.4 is 0 Å². The average Bonchev–Trinajstić information content (AvgIpc) is 3.22. The molecule has 1 aliphatic heterocycles. The van der Waals surface area contributed by atoms with Crippen molar-refractivity contribution >= 4 is 16.9 Å². The minimum Gasteiger partial charge on any atom is -0.379 e. The summed E-state index contributed by atoms with van der Waals surface area (Å²) in [5, 5.41) is 0. The SMILES string of the molecule is CCCCOCCOCC(=O)N1CCC(n2c(Cc3ccccc3)nc3ccccc32)CC1. The minimum atomic E-state index is 0.0713. The van der Waals surface area contributed by atoms with E-state index in [1.54, 1.807) is 0 Å². The number of nitrogens with zero attached hydrogens (tertiary/aromatic N) is 3. The van der Waals surface area contributed by atoms with Gasteiger partial charge in [-0.25, -0.2) is 4.98 Å². The number of unbranched alkanes of at least 4 members (excludes halogenated alkanes) is 1. The van der Waals surface area contributed by atoms with Gasteiger partial charge in [-0.3, -0.25) is 4.79 Å². The van der Waals surface area contributed by atoms with Gasteiger partial charge in [0.1, 0.15) is 12.4 Å². The van der Waals surface area contributed by atoms with Gasteiger partial charge in [-0.15, -0.1) is 0 Å². The number of para-hydroxylation sites is 2. The molecular formula is C27H35N3O3. The Morgan fingerprint density at radius 1 is 0.970 bits per heavy atom. The maximum absolute atomic E-state index is 12.6. The highest BCUT2D eigenvalue weighted by molar-refractivity contribution is 5.78. The van der Waals surface area contributed by atoms with Crippen LogP contribution in [0.2, 0.25) is 0 Å². The summed E-state index contributed by atoms with van der Waals surface area (Å²) in [5.41, 5.74) is 3.48. The van der Waals surface area contributed by atoms with Crippen LogP contribution in [0.3, 0.4) is 0 Å². The first-order valence-corrected chi connectivity index (χ1v) is 12.2. The fraction of sp³-hybridized carbons (Fsp3) is 0.481. The van der Waals surface area contributed by atoms with Crippen molar-refractivity contribution in [2.75, 3.05) is 39.5 Å². The summed E-state index contributed by atoms with van der Waals surface area (Å²) in [5.74, 6) is 1.17. The number of carbonyl (C=O) groups is 1. The Hall–Kier alpha value is -2.70. The van der Waals surface area contributed by atoms with Crippen LogP contribution in [0.1, 0.15) is 50.0 Å². The Bertz CT molecular complexity index is 1010. The zero-order valence-corrected chi connectivity index (χ0v) is 19.6. The van der Waals surface area contributed by atoms with Crippen molar-refractivity contribution in [1.82, 2.24) is 14.5 Å². The molecule has 6 nitrogen and oxygen atoms in total. The lowest BCUT2D eigenvalue weighted by atomic mass is 10.0. The summed E-state index contributed by atoms with van der Waals surface area (Å²) in [7, 11) is 0. The molecule has 0 spiro atoms. The second-order valence-corrected chi connectivity index (χ2v) is 8.68. The fourth-order valence-corrected chi connectivity index (χ4v) is 4.50. The Labute approximate surface area is 196 Å². The highest BCUT2D eigenvalue weighted by atomic mass is 16.5. The zero-order valence-electron chi connectivity index (χ0n) is 19.6. The van der Waals surface area contributed by atoms with Crippen molar-refractivity contribution in [2.45, 2.75) is 45.1 Å². The molecule has 0 aliphatic carbocycles. The number of benzene rings is 2. The van der Waals surface area contributed by atoms with Gasteiger partial charge in [0.25, 0.3) is 0 Å². The first kappa shape index (κ1) is 23.5. The molecule has 176 valence electrons. The predicted molar refractivity (Wildman–Crippen MR) is 130 cm³/mol. The van der Waals surface area contributed by atoms with Gasteiger partial charge < -0.3 is 18.9 Å². The van der Waals surface area contributed by atoms with Crippen molar-refractivity contribution < 1.29 is 14.3 Å². The lowest BCUT2D eigenvalue weighted by molar-refractivity contribution is -0.137. The number of rotatable bonds is 11. The molecule has 0 radical (unpaired) electrons. The molecular weight excluding hydrogens is 414 g/mol. The standard InChI is InChI=1S/C27H35N3O3/c1-2-3-17-32-18-19-33-21-27(31)29-15-13-23(14-16-29)30-25-12-8-7-11-24(25)28-26(30)20-22-9-5-4-6-10-22/h4-12,23H,2-3,13-21H2,1H3. The van der Waals surface area contributed by atoms with Gasteiger partial charge in [-0.2, -0.15) is 0 Å². The molecule has 1 amide bonds. The van der Waals surface area contributed by atoms with Crippen molar-refractivity contribution in [2.24, 2.45) is 0 Å². The first-order valence-electron chi connectivity index (χ1n) is 12.2. The van der Waals surface area contributed by atoms with E-state index in [9.17, 15) is 4.79 Å². The van der Waals surface area contributed by atoms with Crippen molar-refractivity contribution in [3.8, 4) is 0 Å². The number of fused-ring (bicyclic) bond motifs is 1. The third-order valence-electron chi connectivity index (χ3n) is 6.30. The lowest BCUT2D eigenvalue weighted by Crippen LogP contribution is -2.41. The number of imidazole rings is 1. The maximum atomic E-state index is 12.6. The van der Waals surface area contributed by atoms with Crippen molar-refractivity contribution in [1.29, 1.82) is 0 Å². The van der Waals surface area contributed by atoms with E-state index in [2.05, 4.69) is 54.0 Å². The molecule has 2 heterocycles. The molecule has 2 aromatic carbocycles. The van der Waals surface area contributed by atoms with Crippen LogP contribution in [0.15, 0.2) is 54.6 Å². The van der Waals surface area contributed by atoms with E-state index in [1.807, 2.05) is 17.0 Å². The number of carbonyl (C=O) groups excluding carboxylic acids is 1. The van der Waals surface area contributed by atoms with Gasteiger partial charge >= 0.3 is 0 Å². The first-order chi connectivity index (χ1) is 16.3. The summed E-state index contributed by atoms with van der Waals surface area (Å²) in [4.78, 5) is 19.5. The summed E-state index contributed by atoms with van der Waals surface area (Å²) >= 11 is 0. The molecule has 3 aromatic rings. The number of hydrogen-bond acceptors (Lipinski definition) is 4. The zero-order chi connectivity index (χ0) is 22.9. The second kappa shape index (κ2) is 12.0. The average molecular weight is 450 g/mol. The number of likely N-dealkylation sites (tertiary alicyclic amines) is 1. The monoisotopic (exact) mass is 449 g/mol. The smallest absolute Gasteiger partial charge is 0.248 e. The predicted octanol–water partition coefficient (Wildman–Crippen LogP) is 4.62. The van der Waals surface area contributed by atoms with E-state index in [0.29, 0.717) is 19.3 Å². The van der Waals surface area contributed by atoms with E-state index in [4.69, 9.17) is 14.5 Å². The van der Waals surface area contributed by atoms with Crippen LogP contribution in [-0.2, 0) is 20.7 Å². The third-order valence-corrected chi connectivity index (χ3v) is 6.30. The van der Waals surface area contributed by atoms with E-state index < -0.39 is 0 Å². The summed E-state index contributed by atoms with van der Waals surface area (Å²) in [6, 6.07) is 19.2. The molecule has 4 rings (SSSR count). The molecule has 1 saturated heterocycles. The summed E-state index contributed by atoms with van der Waals surface area (Å²) < 4.78 is 13.4. The Kier molecular flexibility index (Phi) is 8.50. The van der Waals surface area contributed by atoms with Gasteiger partial charge in [0.2, 0.25) is 5.91 Å². The van der Waals surface area contributed by atoms with Gasteiger partial charge in [0.05, 0.1) is 24.2 Å². The molecule has 0 atom stereocenters. The Morgan fingerprint density at radius 3 is 2.48 bits per heavy atom. The number of aromatic nitrogens is 2. The van der Waals surface area contributed by atoms with Gasteiger partial charge in [-0.05, 0) is 37.0 Å². The maximum Gasteiger partial charge on any atom is 0.248 e. The highest BCUT2D eigenvalue weighted by Crippen LogP contribution is 2.30. The molecule has 6 heteroatoms. The van der Waals surface area contributed by atoms with Crippen LogP contribution >= 0.6 is 0 Å². The second-order valence-electron chi connectivity index (χ2n) is 8.68. The topological polar surface area (TPSA) is 56.6 Å². The number of piperidine rings is 1. The van der Waals surface area contributed by atoms with Crippen LogP contribution in [0.25, 0.3) is 11.0 Å². The Morgan fingerprint density at radius 2 is 1.70 bits per heavy atom. The molecule has 0 unspecified atom stereocenters. The number of amides is 1. The van der Waals surface area contributed by atoms with Gasteiger partial charge in [0.15, 0.2) is 0 Å². The van der Waals surface area contributed by atoms with E-state index in [-0.39, 0.29) is 12.5 Å². The fourth-order valence-electron chi connectivity index (χ4n) is 4.50. The molecule has 1 aliphatic rings. The molecule has 0 N–H and O–H groups in total. The van der Waals surface area contributed by atoms with E-state index >= 15 is 0 Å². The molecule has 1 fully saturated rings. The van der Waals surface area contributed by atoms with Crippen molar-refractivity contribution in [3.05, 3.63) is 66.0 Å².